The van der Waals surface area contributed by atoms with Crippen LogP contribution >= 0.6 is 0 Å². The predicted octanol–water partition coefficient (Wildman–Crippen LogP) is 3.79. The summed E-state index contributed by atoms with van der Waals surface area (Å²) in [5, 5.41) is 10.4. The first-order valence-corrected chi connectivity index (χ1v) is 8.92. The van der Waals surface area contributed by atoms with Crippen LogP contribution in [0.2, 0.25) is 0 Å². The van der Waals surface area contributed by atoms with Gasteiger partial charge >= 0.3 is 12.1 Å². The van der Waals surface area contributed by atoms with Crippen LogP contribution in [0.25, 0.3) is 16.6 Å². The molecular weight excluding hydrogens is 389 g/mol. The molecule has 0 saturated heterocycles. The minimum Gasteiger partial charge on any atom is -0.505 e. The fourth-order valence-electron chi connectivity index (χ4n) is 3.31. The highest BCUT2D eigenvalue weighted by Crippen LogP contribution is 2.32. The Morgan fingerprint density at radius 2 is 1.79 bits per heavy atom. The summed E-state index contributed by atoms with van der Waals surface area (Å²) in [6.07, 6.45) is -4.10. The van der Waals surface area contributed by atoms with E-state index in [-0.39, 0.29) is 23.4 Å². The van der Waals surface area contributed by atoms with Gasteiger partial charge in [-0.25, -0.2) is 4.79 Å². The molecule has 1 N–H and O–H groups in total. The number of carbonyl (C=O) groups excluding carboxylic acids is 1. The second kappa shape index (κ2) is 7.31. The van der Waals surface area contributed by atoms with E-state index >= 15 is 0 Å². The van der Waals surface area contributed by atoms with Crippen LogP contribution in [0, 0.1) is 0 Å². The molecule has 2 aromatic heterocycles. The lowest BCUT2D eigenvalue weighted by Gasteiger charge is -2.14. The summed E-state index contributed by atoms with van der Waals surface area (Å²) in [5.74, 6) is -1.29. The molecule has 0 fully saturated rings. The van der Waals surface area contributed by atoms with E-state index in [1.807, 2.05) is 0 Å². The van der Waals surface area contributed by atoms with Crippen molar-refractivity contribution in [2.24, 2.45) is 7.05 Å². The topological polar surface area (TPSA) is 73.5 Å². The molecule has 6 nitrogen and oxygen atoms in total. The zero-order valence-corrected chi connectivity index (χ0v) is 16.0. The van der Waals surface area contributed by atoms with Gasteiger partial charge in [0.05, 0.1) is 17.7 Å². The van der Waals surface area contributed by atoms with Crippen molar-refractivity contribution in [3.8, 4) is 11.4 Å². The largest absolute Gasteiger partial charge is 0.505 e. The van der Waals surface area contributed by atoms with Gasteiger partial charge in [0.1, 0.15) is 5.39 Å². The first-order chi connectivity index (χ1) is 13.6. The normalized spacial score (nSPS) is 11.8. The van der Waals surface area contributed by atoms with E-state index < -0.39 is 29.0 Å². The molecule has 2 heterocycles. The van der Waals surface area contributed by atoms with Gasteiger partial charge in [0.15, 0.2) is 11.4 Å². The highest BCUT2D eigenvalue weighted by molar-refractivity contribution is 6.01. The molecule has 1 aromatic carbocycles. The molecule has 0 bridgehead atoms. The van der Waals surface area contributed by atoms with Crippen molar-refractivity contribution >= 4 is 16.9 Å². The molecule has 9 heteroatoms. The summed E-state index contributed by atoms with van der Waals surface area (Å²) >= 11 is 0. The first-order valence-electron chi connectivity index (χ1n) is 8.92. The molecule has 0 aliphatic carbocycles. The Morgan fingerprint density at radius 1 is 1.17 bits per heavy atom. The summed E-state index contributed by atoms with van der Waals surface area (Å²) in [6, 6.07) is 5.79. The Bertz CT molecular complexity index is 1140. The average Bonchev–Trinajstić information content (AvgIpc) is 2.91. The number of fused-ring (bicyclic) bond motifs is 1. The highest BCUT2D eigenvalue weighted by Gasteiger charge is 2.30. The molecule has 0 radical (unpaired) electrons. The van der Waals surface area contributed by atoms with Gasteiger partial charge in [-0.3, -0.25) is 9.36 Å². The van der Waals surface area contributed by atoms with E-state index in [0.29, 0.717) is 17.6 Å². The van der Waals surface area contributed by atoms with Crippen LogP contribution in [0.15, 0.2) is 35.1 Å². The molecule has 3 aromatic rings. The van der Waals surface area contributed by atoms with Gasteiger partial charge in [-0.15, -0.1) is 0 Å². The van der Waals surface area contributed by atoms with Gasteiger partial charge in [0, 0.05) is 18.4 Å². The third-order valence-corrected chi connectivity index (χ3v) is 4.71. The van der Waals surface area contributed by atoms with E-state index in [0.717, 1.165) is 12.1 Å². The number of aromatic nitrogens is 2. The number of aryl methyl sites for hydroxylation is 2. The number of esters is 1. The van der Waals surface area contributed by atoms with Crippen molar-refractivity contribution in [2.75, 3.05) is 6.61 Å². The van der Waals surface area contributed by atoms with E-state index in [9.17, 15) is 27.9 Å². The standard InChI is InChI=1S/C20H19F3N2O4/c1-4-12-10-14-15(17(26)16(24(14)3)19(28)29-5-2)18(27)25(12)13-8-6-11(7-9-13)20(21,22)23/h6-10,26H,4-5H2,1-3H3. The van der Waals surface area contributed by atoms with E-state index in [1.54, 1.807) is 19.9 Å². The number of hydrogen-bond donors (Lipinski definition) is 1. The molecule has 0 atom stereocenters. The molecule has 0 amide bonds. The lowest BCUT2D eigenvalue weighted by atomic mass is 10.1. The van der Waals surface area contributed by atoms with Crippen LogP contribution in [0.5, 0.6) is 5.75 Å². The molecule has 29 heavy (non-hydrogen) atoms. The van der Waals surface area contributed by atoms with E-state index in [1.165, 1.54) is 28.3 Å². The zero-order chi connectivity index (χ0) is 21.5. The smallest absolute Gasteiger partial charge is 0.416 e. The van der Waals surface area contributed by atoms with Crippen LogP contribution in [0.4, 0.5) is 13.2 Å². The maximum Gasteiger partial charge on any atom is 0.416 e. The van der Waals surface area contributed by atoms with Crippen molar-refractivity contribution in [1.82, 2.24) is 9.13 Å². The number of halogens is 3. The molecule has 0 spiro atoms. The molecule has 0 unspecified atom stereocenters. The van der Waals surface area contributed by atoms with Gasteiger partial charge < -0.3 is 14.4 Å². The number of ether oxygens (including phenoxy) is 1. The van der Waals surface area contributed by atoms with Crippen molar-refractivity contribution in [2.45, 2.75) is 26.4 Å². The van der Waals surface area contributed by atoms with Crippen molar-refractivity contribution < 1.29 is 27.8 Å². The SMILES string of the molecule is CCOC(=O)c1c(O)c2c(=O)n(-c3ccc(C(F)(F)F)cc3)c(CC)cc2n1C. The van der Waals surface area contributed by atoms with Crippen LogP contribution in [0.1, 0.15) is 35.6 Å². The predicted molar refractivity (Wildman–Crippen MR) is 101 cm³/mol. The van der Waals surface area contributed by atoms with Crippen LogP contribution < -0.4 is 5.56 Å². The minimum absolute atomic E-state index is 0.0931. The number of carbonyl (C=O) groups is 1. The van der Waals surface area contributed by atoms with Gasteiger partial charge in [-0.2, -0.15) is 13.2 Å². The summed E-state index contributed by atoms with van der Waals surface area (Å²) < 4.78 is 46.1. The second-order valence-corrected chi connectivity index (χ2v) is 6.41. The molecule has 154 valence electrons. The summed E-state index contributed by atoms with van der Waals surface area (Å²) in [5.41, 5.74) is -0.564. The average molecular weight is 408 g/mol. The lowest BCUT2D eigenvalue weighted by Crippen LogP contribution is -2.22. The fourth-order valence-corrected chi connectivity index (χ4v) is 3.31. The number of pyridine rings is 1. The van der Waals surface area contributed by atoms with Crippen molar-refractivity contribution in [1.29, 1.82) is 0 Å². The Hall–Kier alpha value is -3.23. The number of rotatable bonds is 4. The third kappa shape index (κ3) is 3.37. The molecular formula is C20H19F3N2O4. The third-order valence-electron chi connectivity index (χ3n) is 4.71. The number of nitrogens with zero attached hydrogens (tertiary/aromatic N) is 2. The number of hydrogen-bond acceptors (Lipinski definition) is 4. The lowest BCUT2D eigenvalue weighted by molar-refractivity contribution is -0.137. The van der Waals surface area contributed by atoms with Crippen LogP contribution in [0.3, 0.4) is 0 Å². The minimum atomic E-state index is -4.49. The number of benzene rings is 1. The Balaban J connectivity index is 2.29. The van der Waals surface area contributed by atoms with Gasteiger partial charge in [0.2, 0.25) is 0 Å². The Morgan fingerprint density at radius 3 is 2.31 bits per heavy atom. The fraction of sp³-hybridized carbons (Fsp3) is 0.300. The maximum absolute atomic E-state index is 13.2. The summed E-state index contributed by atoms with van der Waals surface area (Å²) in [7, 11) is 1.52. The van der Waals surface area contributed by atoms with Crippen molar-refractivity contribution in [3.63, 3.8) is 0 Å². The molecule has 0 aliphatic heterocycles. The molecule has 0 saturated carbocycles. The van der Waals surface area contributed by atoms with Gasteiger partial charge in [-0.05, 0) is 43.7 Å². The Kier molecular flexibility index (Phi) is 5.16. The summed E-state index contributed by atoms with van der Waals surface area (Å²) in [4.78, 5) is 25.4. The molecule has 3 rings (SSSR count). The van der Waals surface area contributed by atoms with E-state index in [4.69, 9.17) is 4.74 Å². The van der Waals surface area contributed by atoms with Crippen LogP contribution in [-0.4, -0.2) is 26.8 Å². The van der Waals surface area contributed by atoms with Gasteiger partial charge in [-0.1, -0.05) is 6.92 Å². The second-order valence-electron chi connectivity index (χ2n) is 6.41. The monoisotopic (exact) mass is 408 g/mol. The first kappa shape index (κ1) is 20.5. The zero-order valence-electron chi connectivity index (χ0n) is 16.0. The van der Waals surface area contributed by atoms with Crippen molar-refractivity contribution in [3.05, 3.63) is 57.6 Å². The number of aromatic hydroxyl groups is 1. The highest BCUT2D eigenvalue weighted by atomic mass is 19.4. The maximum atomic E-state index is 13.2. The van der Waals surface area contributed by atoms with E-state index in [2.05, 4.69) is 0 Å². The molecule has 0 aliphatic rings. The summed E-state index contributed by atoms with van der Waals surface area (Å²) in [6.45, 7) is 3.50. The van der Waals surface area contributed by atoms with Gasteiger partial charge in [0.25, 0.3) is 5.56 Å². The number of alkyl halides is 3. The van der Waals surface area contributed by atoms with Crippen LogP contribution in [-0.2, 0) is 24.4 Å². The Labute approximate surface area is 163 Å². The quantitative estimate of drug-likeness (QED) is 0.667.